The van der Waals surface area contributed by atoms with Crippen LogP contribution >= 0.6 is 0 Å². The van der Waals surface area contributed by atoms with Gasteiger partial charge in [0.1, 0.15) is 4.90 Å². The Bertz CT molecular complexity index is 548. The van der Waals surface area contributed by atoms with E-state index >= 15 is 0 Å². The summed E-state index contributed by atoms with van der Waals surface area (Å²) in [6.45, 7) is 4.48. The minimum absolute atomic E-state index is 0.118. The van der Waals surface area contributed by atoms with Crippen molar-refractivity contribution in [2.75, 3.05) is 12.3 Å². The summed E-state index contributed by atoms with van der Waals surface area (Å²) in [5.41, 5.74) is 7.15. The first-order chi connectivity index (χ1) is 8.32. The highest BCUT2D eigenvalue weighted by Crippen LogP contribution is 2.39. The quantitative estimate of drug-likeness (QED) is 0.821. The Balaban J connectivity index is 2.15. The highest BCUT2D eigenvalue weighted by molar-refractivity contribution is 7.89. The molecule has 18 heavy (non-hydrogen) atoms. The molecule has 0 saturated heterocycles. The van der Waals surface area contributed by atoms with Crippen LogP contribution in [0.15, 0.2) is 23.1 Å². The smallest absolute Gasteiger partial charge is 0.242 e. The van der Waals surface area contributed by atoms with Crippen molar-refractivity contribution in [1.29, 1.82) is 0 Å². The standard InChI is InChI=1S/C13H20N2O2S/c1-10-4-5-12(11(14)8-10)18(16,17)15-9-13(2)6-3-7-13/h4-5,8,15H,3,6-7,9,14H2,1-2H3. The van der Waals surface area contributed by atoms with E-state index in [1.54, 1.807) is 18.2 Å². The van der Waals surface area contributed by atoms with Crippen LogP contribution in [0.2, 0.25) is 0 Å². The summed E-state index contributed by atoms with van der Waals surface area (Å²) in [6.07, 6.45) is 3.35. The Morgan fingerprint density at radius 2 is 2.06 bits per heavy atom. The third kappa shape index (κ3) is 2.67. The molecule has 1 aromatic carbocycles. The van der Waals surface area contributed by atoms with Crippen LogP contribution in [-0.4, -0.2) is 15.0 Å². The summed E-state index contributed by atoms with van der Waals surface area (Å²) < 4.78 is 27.0. The first-order valence-corrected chi connectivity index (χ1v) is 7.67. The molecule has 0 radical (unpaired) electrons. The molecular weight excluding hydrogens is 248 g/mol. The average molecular weight is 268 g/mol. The maximum atomic E-state index is 12.2. The molecule has 0 spiro atoms. The zero-order chi connectivity index (χ0) is 13.4. The van der Waals surface area contributed by atoms with Gasteiger partial charge < -0.3 is 5.73 Å². The highest BCUT2D eigenvalue weighted by atomic mass is 32.2. The molecule has 0 bridgehead atoms. The predicted octanol–water partition coefficient (Wildman–Crippen LogP) is 2.05. The lowest BCUT2D eigenvalue weighted by molar-refractivity contribution is 0.166. The topological polar surface area (TPSA) is 72.2 Å². The van der Waals surface area contributed by atoms with Crippen LogP contribution in [0.3, 0.4) is 0 Å². The van der Waals surface area contributed by atoms with E-state index in [0.717, 1.165) is 18.4 Å². The first-order valence-electron chi connectivity index (χ1n) is 6.18. The van der Waals surface area contributed by atoms with Gasteiger partial charge in [0.25, 0.3) is 0 Å². The van der Waals surface area contributed by atoms with Crippen LogP contribution in [0, 0.1) is 12.3 Å². The lowest BCUT2D eigenvalue weighted by atomic mass is 9.71. The van der Waals surface area contributed by atoms with Gasteiger partial charge in [0.15, 0.2) is 0 Å². The summed E-state index contributed by atoms with van der Waals surface area (Å²) in [6, 6.07) is 5.01. The molecule has 2 rings (SSSR count). The van der Waals surface area contributed by atoms with Crippen molar-refractivity contribution in [2.45, 2.75) is 38.0 Å². The van der Waals surface area contributed by atoms with Crippen molar-refractivity contribution in [3.05, 3.63) is 23.8 Å². The molecule has 5 heteroatoms. The number of hydrogen-bond donors (Lipinski definition) is 2. The summed E-state index contributed by atoms with van der Waals surface area (Å²) >= 11 is 0. The van der Waals surface area contributed by atoms with Gasteiger partial charge in [-0.1, -0.05) is 19.4 Å². The van der Waals surface area contributed by atoms with Crippen LogP contribution in [0.1, 0.15) is 31.7 Å². The van der Waals surface area contributed by atoms with Gasteiger partial charge in [0.05, 0.1) is 5.69 Å². The van der Waals surface area contributed by atoms with Crippen LogP contribution in [0.5, 0.6) is 0 Å². The monoisotopic (exact) mass is 268 g/mol. The van der Waals surface area contributed by atoms with Crippen LogP contribution < -0.4 is 10.5 Å². The molecule has 0 aliphatic heterocycles. The van der Waals surface area contributed by atoms with E-state index in [1.807, 2.05) is 6.92 Å². The van der Waals surface area contributed by atoms with Gasteiger partial charge >= 0.3 is 0 Å². The van der Waals surface area contributed by atoms with Crippen LogP contribution in [0.25, 0.3) is 0 Å². The van der Waals surface area contributed by atoms with E-state index in [4.69, 9.17) is 5.73 Å². The Labute approximate surface area is 109 Å². The molecule has 1 aromatic rings. The summed E-state index contributed by atoms with van der Waals surface area (Å²) in [4.78, 5) is 0.177. The lowest BCUT2D eigenvalue weighted by Crippen LogP contribution is -2.40. The SMILES string of the molecule is Cc1ccc(S(=O)(=O)NCC2(C)CCC2)c(N)c1. The Morgan fingerprint density at radius 3 is 2.56 bits per heavy atom. The number of nitrogens with two attached hydrogens (primary N) is 1. The van der Waals surface area contributed by atoms with Crippen molar-refractivity contribution in [2.24, 2.45) is 5.41 Å². The third-order valence-electron chi connectivity index (χ3n) is 3.70. The Morgan fingerprint density at radius 1 is 1.39 bits per heavy atom. The van der Waals surface area contributed by atoms with Gasteiger partial charge in [-0.2, -0.15) is 0 Å². The molecular formula is C13H20N2O2S. The maximum Gasteiger partial charge on any atom is 0.242 e. The number of hydrogen-bond acceptors (Lipinski definition) is 3. The van der Waals surface area contributed by atoms with Crippen molar-refractivity contribution < 1.29 is 8.42 Å². The van der Waals surface area contributed by atoms with Gasteiger partial charge in [0, 0.05) is 6.54 Å². The summed E-state index contributed by atoms with van der Waals surface area (Å²) in [5.74, 6) is 0. The fourth-order valence-corrected chi connectivity index (χ4v) is 3.53. The minimum atomic E-state index is -3.49. The Kier molecular flexibility index (Phi) is 3.38. The Hall–Kier alpha value is -1.07. The van der Waals surface area contributed by atoms with Crippen molar-refractivity contribution in [3.8, 4) is 0 Å². The molecule has 1 fully saturated rings. The molecule has 3 N–H and O–H groups in total. The van der Waals surface area contributed by atoms with Crippen LogP contribution in [-0.2, 0) is 10.0 Å². The molecule has 0 amide bonds. The molecule has 0 atom stereocenters. The van der Waals surface area contributed by atoms with Gasteiger partial charge in [-0.05, 0) is 42.9 Å². The lowest BCUT2D eigenvalue weighted by Gasteiger charge is -2.38. The average Bonchev–Trinajstić information content (AvgIpc) is 2.23. The summed E-state index contributed by atoms with van der Waals surface area (Å²) in [7, 11) is -3.49. The maximum absolute atomic E-state index is 12.2. The molecule has 0 heterocycles. The summed E-state index contributed by atoms with van der Waals surface area (Å²) in [5, 5.41) is 0. The predicted molar refractivity (Wildman–Crippen MR) is 72.7 cm³/mol. The number of sulfonamides is 1. The zero-order valence-electron chi connectivity index (χ0n) is 10.9. The van der Waals surface area contributed by atoms with E-state index in [0.29, 0.717) is 12.2 Å². The number of aryl methyl sites for hydroxylation is 1. The van der Waals surface area contributed by atoms with Gasteiger partial charge in [-0.3, -0.25) is 0 Å². The van der Waals surface area contributed by atoms with E-state index < -0.39 is 10.0 Å². The molecule has 1 aliphatic carbocycles. The third-order valence-corrected chi connectivity index (χ3v) is 5.18. The number of rotatable bonds is 4. The van der Waals surface area contributed by atoms with E-state index in [9.17, 15) is 8.42 Å². The van der Waals surface area contributed by atoms with E-state index in [-0.39, 0.29) is 10.3 Å². The fraction of sp³-hybridized carbons (Fsp3) is 0.538. The number of anilines is 1. The van der Waals surface area contributed by atoms with Crippen LogP contribution in [0.4, 0.5) is 5.69 Å². The normalized spacial score (nSPS) is 18.3. The second kappa shape index (κ2) is 4.55. The van der Waals surface area contributed by atoms with Crippen molar-refractivity contribution >= 4 is 15.7 Å². The van der Waals surface area contributed by atoms with Gasteiger partial charge in [0.2, 0.25) is 10.0 Å². The number of benzene rings is 1. The molecule has 0 aromatic heterocycles. The van der Waals surface area contributed by atoms with Gasteiger partial charge in [-0.15, -0.1) is 0 Å². The highest BCUT2D eigenvalue weighted by Gasteiger charge is 2.33. The molecule has 4 nitrogen and oxygen atoms in total. The van der Waals surface area contributed by atoms with Gasteiger partial charge in [-0.25, -0.2) is 13.1 Å². The second-order valence-corrected chi connectivity index (χ2v) is 7.27. The number of nitrogen functional groups attached to an aromatic ring is 1. The molecule has 1 aliphatic rings. The van der Waals surface area contributed by atoms with Crippen molar-refractivity contribution in [1.82, 2.24) is 4.72 Å². The molecule has 100 valence electrons. The van der Waals surface area contributed by atoms with Crippen molar-refractivity contribution in [3.63, 3.8) is 0 Å². The fourth-order valence-electron chi connectivity index (χ4n) is 2.22. The van der Waals surface area contributed by atoms with E-state index in [2.05, 4.69) is 11.6 Å². The first kappa shape index (κ1) is 13.4. The number of nitrogens with one attached hydrogen (secondary N) is 1. The minimum Gasteiger partial charge on any atom is -0.398 e. The zero-order valence-corrected chi connectivity index (χ0v) is 11.7. The second-order valence-electron chi connectivity index (χ2n) is 5.53. The largest absolute Gasteiger partial charge is 0.398 e. The molecule has 0 unspecified atom stereocenters. The molecule has 1 saturated carbocycles. The van der Waals surface area contributed by atoms with E-state index in [1.165, 1.54) is 6.42 Å².